The number of rotatable bonds is 3. The van der Waals surface area contributed by atoms with Gasteiger partial charge in [-0.25, -0.2) is 0 Å². The summed E-state index contributed by atoms with van der Waals surface area (Å²) in [5.41, 5.74) is 15.1. The largest absolute Gasteiger partial charge is 0.496 e. The predicted molar refractivity (Wildman–Crippen MR) is 71.1 cm³/mol. The van der Waals surface area contributed by atoms with Crippen molar-refractivity contribution in [1.29, 1.82) is 0 Å². The zero-order valence-electron chi connectivity index (χ0n) is 9.81. The highest BCUT2D eigenvalue weighted by Gasteiger charge is 2.10. The van der Waals surface area contributed by atoms with Gasteiger partial charge in [0.05, 0.1) is 18.5 Å². The maximum atomic E-state index is 6.00. The van der Waals surface area contributed by atoms with Gasteiger partial charge in [-0.15, -0.1) is 0 Å². The smallest absolute Gasteiger partial charge is 0.124 e. The summed E-state index contributed by atoms with van der Waals surface area (Å²) in [6.45, 7) is 0. The maximum Gasteiger partial charge on any atom is 0.124 e. The summed E-state index contributed by atoms with van der Waals surface area (Å²) in [6, 6.07) is 13.7. The van der Waals surface area contributed by atoms with Crippen molar-refractivity contribution < 1.29 is 4.74 Å². The normalized spacial score (nSPS) is 10.2. The molecule has 0 saturated heterocycles. The number of methoxy groups -OCH3 is 1. The monoisotopic (exact) mass is 228 g/mol. The molecule has 0 saturated carbocycles. The Balaban J connectivity index is 2.41. The standard InChI is InChI=1S/C14H16N2O/c1-17-13-8-7-12(15)14(16)11(13)9-10-5-3-2-4-6-10/h2-8H,9,15-16H2,1H3. The Morgan fingerprint density at radius 3 is 2.35 bits per heavy atom. The van der Waals surface area contributed by atoms with E-state index in [1.54, 1.807) is 13.2 Å². The van der Waals surface area contributed by atoms with E-state index in [0.717, 1.165) is 17.7 Å². The Labute approximate surface area is 101 Å². The second-order valence-electron chi connectivity index (χ2n) is 3.91. The average Bonchev–Trinajstić information content (AvgIpc) is 2.37. The fourth-order valence-electron chi connectivity index (χ4n) is 1.84. The third kappa shape index (κ3) is 2.33. The van der Waals surface area contributed by atoms with Crippen LogP contribution in [0.25, 0.3) is 0 Å². The lowest BCUT2D eigenvalue weighted by Crippen LogP contribution is -2.03. The van der Waals surface area contributed by atoms with Crippen LogP contribution in [0.1, 0.15) is 11.1 Å². The Hall–Kier alpha value is -2.16. The zero-order chi connectivity index (χ0) is 12.3. The predicted octanol–water partition coefficient (Wildman–Crippen LogP) is 2.45. The Morgan fingerprint density at radius 2 is 1.71 bits per heavy atom. The van der Waals surface area contributed by atoms with E-state index in [-0.39, 0.29) is 0 Å². The molecule has 0 atom stereocenters. The van der Waals surface area contributed by atoms with Crippen LogP contribution in [0.2, 0.25) is 0 Å². The molecule has 4 N–H and O–H groups in total. The van der Waals surface area contributed by atoms with E-state index >= 15 is 0 Å². The topological polar surface area (TPSA) is 61.3 Å². The molecule has 0 aromatic heterocycles. The molecule has 0 aliphatic heterocycles. The molecule has 0 aliphatic carbocycles. The van der Waals surface area contributed by atoms with Gasteiger partial charge >= 0.3 is 0 Å². The van der Waals surface area contributed by atoms with Crippen molar-refractivity contribution in [3.05, 3.63) is 53.6 Å². The Bertz CT molecular complexity index is 509. The van der Waals surface area contributed by atoms with Crippen molar-refractivity contribution in [2.24, 2.45) is 0 Å². The van der Waals surface area contributed by atoms with Crippen LogP contribution in [0.4, 0.5) is 11.4 Å². The SMILES string of the molecule is COc1ccc(N)c(N)c1Cc1ccccc1. The molecule has 2 rings (SSSR count). The van der Waals surface area contributed by atoms with E-state index in [1.807, 2.05) is 24.3 Å². The second kappa shape index (κ2) is 4.78. The minimum absolute atomic E-state index is 0.594. The molecule has 3 nitrogen and oxygen atoms in total. The number of anilines is 2. The van der Waals surface area contributed by atoms with Crippen LogP contribution in [-0.4, -0.2) is 7.11 Å². The van der Waals surface area contributed by atoms with Crippen LogP contribution >= 0.6 is 0 Å². The summed E-state index contributed by atoms with van der Waals surface area (Å²) in [4.78, 5) is 0. The highest BCUT2D eigenvalue weighted by molar-refractivity contribution is 5.71. The minimum Gasteiger partial charge on any atom is -0.496 e. The second-order valence-corrected chi connectivity index (χ2v) is 3.91. The molecule has 2 aromatic rings. The van der Waals surface area contributed by atoms with E-state index in [2.05, 4.69) is 12.1 Å². The highest BCUT2D eigenvalue weighted by Crippen LogP contribution is 2.31. The first-order valence-electron chi connectivity index (χ1n) is 5.47. The number of nitrogen functional groups attached to an aromatic ring is 2. The molecule has 0 radical (unpaired) electrons. The summed E-state index contributed by atoms with van der Waals surface area (Å²) in [5, 5.41) is 0. The van der Waals surface area contributed by atoms with Gasteiger partial charge in [0.1, 0.15) is 5.75 Å². The van der Waals surface area contributed by atoms with E-state index in [9.17, 15) is 0 Å². The summed E-state index contributed by atoms with van der Waals surface area (Å²) in [7, 11) is 1.64. The molecular weight excluding hydrogens is 212 g/mol. The van der Waals surface area contributed by atoms with Crippen LogP contribution in [0.5, 0.6) is 5.75 Å². The Kier molecular flexibility index (Phi) is 3.19. The third-order valence-corrected chi connectivity index (χ3v) is 2.79. The van der Waals surface area contributed by atoms with Crippen LogP contribution in [0, 0.1) is 0 Å². The zero-order valence-corrected chi connectivity index (χ0v) is 9.81. The minimum atomic E-state index is 0.594. The van der Waals surface area contributed by atoms with Gasteiger partial charge in [-0.1, -0.05) is 30.3 Å². The fourth-order valence-corrected chi connectivity index (χ4v) is 1.84. The number of hydrogen-bond donors (Lipinski definition) is 2. The molecule has 0 unspecified atom stereocenters. The van der Waals surface area contributed by atoms with Gasteiger partial charge in [0.25, 0.3) is 0 Å². The molecule has 2 aromatic carbocycles. The van der Waals surface area contributed by atoms with Crippen molar-refractivity contribution >= 4 is 11.4 Å². The van der Waals surface area contributed by atoms with Crippen LogP contribution < -0.4 is 16.2 Å². The quantitative estimate of drug-likeness (QED) is 0.793. The molecule has 0 amide bonds. The average molecular weight is 228 g/mol. The third-order valence-electron chi connectivity index (χ3n) is 2.79. The first-order chi connectivity index (χ1) is 8.22. The van der Waals surface area contributed by atoms with Gasteiger partial charge in [0, 0.05) is 12.0 Å². The van der Waals surface area contributed by atoms with Crippen LogP contribution in [0.3, 0.4) is 0 Å². The molecule has 0 heterocycles. The number of hydrogen-bond acceptors (Lipinski definition) is 3. The van der Waals surface area contributed by atoms with Gasteiger partial charge in [-0.2, -0.15) is 0 Å². The Morgan fingerprint density at radius 1 is 1.00 bits per heavy atom. The first-order valence-corrected chi connectivity index (χ1v) is 5.47. The van der Waals surface area contributed by atoms with Crippen LogP contribution in [0.15, 0.2) is 42.5 Å². The summed E-state index contributed by atoms with van der Waals surface area (Å²) in [6.07, 6.45) is 0.723. The maximum absolute atomic E-state index is 6.00. The van der Waals surface area contributed by atoms with Crippen molar-refractivity contribution in [3.63, 3.8) is 0 Å². The number of benzene rings is 2. The van der Waals surface area contributed by atoms with Crippen molar-refractivity contribution in [2.75, 3.05) is 18.6 Å². The molecule has 0 spiro atoms. The summed E-state index contributed by atoms with van der Waals surface area (Å²) in [5.74, 6) is 0.778. The van der Waals surface area contributed by atoms with Crippen molar-refractivity contribution in [2.45, 2.75) is 6.42 Å². The molecule has 88 valence electrons. The summed E-state index contributed by atoms with van der Waals surface area (Å²) < 4.78 is 5.32. The summed E-state index contributed by atoms with van der Waals surface area (Å²) >= 11 is 0. The van der Waals surface area contributed by atoms with E-state index < -0.39 is 0 Å². The number of ether oxygens (including phenoxy) is 1. The van der Waals surface area contributed by atoms with Gasteiger partial charge in [-0.3, -0.25) is 0 Å². The fraction of sp³-hybridized carbons (Fsp3) is 0.143. The van der Waals surface area contributed by atoms with E-state index in [0.29, 0.717) is 11.4 Å². The van der Waals surface area contributed by atoms with E-state index in [1.165, 1.54) is 5.56 Å². The van der Waals surface area contributed by atoms with Crippen molar-refractivity contribution in [3.8, 4) is 5.75 Å². The van der Waals surface area contributed by atoms with Crippen molar-refractivity contribution in [1.82, 2.24) is 0 Å². The first kappa shape index (κ1) is 11.3. The molecule has 3 heteroatoms. The van der Waals surface area contributed by atoms with E-state index in [4.69, 9.17) is 16.2 Å². The molecule has 17 heavy (non-hydrogen) atoms. The molecule has 0 bridgehead atoms. The van der Waals surface area contributed by atoms with Crippen LogP contribution in [-0.2, 0) is 6.42 Å². The van der Waals surface area contributed by atoms with Gasteiger partial charge in [0.15, 0.2) is 0 Å². The highest BCUT2D eigenvalue weighted by atomic mass is 16.5. The molecule has 0 fully saturated rings. The molecular formula is C14H16N2O. The van der Waals surface area contributed by atoms with Gasteiger partial charge in [0.2, 0.25) is 0 Å². The lowest BCUT2D eigenvalue weighted by atomic mass is 10.0. The number of nitrogens with two attached hydrogens (primary N) is 2. The lowest BCUT2D eigenvalue weighted by molar-refractivity contribution is 0.411. The van der Waals surface area contributed by atoms with Gasteiger partial charge in [-0.05, 0) is 17.7 Å². The lowest BCUT2D eigenvalue weighted by Gasteiger charge is -2.13. The molecule has 0 aliphatic rings. The van der Waals surface area contributed by atoms with Gasteiger partial charge < -0.3 is 16.2 Å².